The number of benzene rings is 1. The Morgan fingerprint density at radius 1 is 1.37 bits per heavy atom. The average Bonchev–Trinajstić information content (AvgIpc) is 2.36. The highest BCUT2D eigenvalue weighted by Gasteiger charge is 2.11. The van der Waals surface area contributed by atoms with Gasteiger partial charge >= 0.3 is 0 Å². The van der Waals surface area contributed by atoms with Gasteiger partial charge in [-0.1, -0.05) is 6.07 Å². The summed E-state index contributed by atoms with van der Waals surface area (Å²) in [6.07, 6.45) is 1.50. The van der Waals surface area contributed by atoms with Gasteiger partial charge in [0.05, 0.1) is 6.20 Å². The van der Waals surface area contributed by atoms with Crippen molar-refractivity contribution in [3.8, 4) is 0 Å². The largest absolute Gasteiger partial charge is 0.398 e. The number of nitrogen functional groups attached to an aromatic ring is 1. The Balaban J connectivity index is 2.23. The van der Waals surface area contributed by atoms with Crippen molar-refractivity contribution >= 4 is 49.3 Å². The van der Waals surface area contributed by atoms with Gasteiger partial charge in [-0.3, -0.25) is 4.79 Å². The van der Waals surface area contributed by atoms with Crippen molar-refractivity contribution in [2.45, 2.75) is 6.92 Å². The first-order valence-electron chi connectivity index (χ1n) is 5.33. The third-order valence-electron chi connectivity index (χ3n) is 2.47. The van der Waals surface area contributed by atoms with Crippen LogP contribution in [-0.4, -0.2) is 15.9 Å². The zero-order valence-electron chi connectivity index (χ0n) is 9.95. The molecule has 0 spiro atoms. The minimum atomic E-state index is -0.288. The van der Waals surface area contributed by atoms with E-state index in [0.717, 1.165) is 5.56 Å². The molecule has 0 unspecified atom stereocenters. The van der Waals surface area contributed by atoms with E-state index in [1.165, 1.54) is 6.20 Å². The summed E-state index contributed by atoms with van der Waals surface area (Å²) in [5, 5.41) is 2.66. The molecule has 19 heavy (non-hydrogen) atoms. The van der Waals surface area contributed by atoms with Crippen LogP contribution in [0.3, 0.4) is 0 Å². The molecule has 2 aromatic rings. The van der Waals surface area contributed by atoms with Gasteiger partial charge in [0.1, 0.15) is 9.21 Å². The predicted octanol–water partition coefficient (Wildman–Crippen LogP) is 3.14. The number of carbonyl (C=O) groups excluding carboxylic acids is 1. The fraction of sp³-hybridized carbons (Fsp3) is 0.0833. The molecule has 0 saturated heterocycles. The average molecular weight is 386 g/mol. The smallest absolute Gasteiger partial charge is 0.256 e. The molecule has 1 aromatic carbocycles. The summed E-state index contributed by atoms with van der Waals surface area (Å²) in [6, 6.07) is 5.14. The molecule has 3 N–H and O–H groups in total. The highest BCUT2D eigenvalue weighted by Crippen LogP contribution is 2.20. The zero-order chi connectivity index (χ0) is 14.0. The topological polar surface area (TPSA) is 80.9 Å². The van der Waals surface area contributed by atoms with E-state index in [0.29, 0.717) is 26.3 Å². The van der Waals surface area contributed by atoms with Crippen molar-refractivity contribution in [1.29, 1.82) is 0 Å². The highest BCUT2D eigenvalue weighted by molar-refractivity contribution is 9.11. The van der Waals surface area contributed by atoms with E-state index >= 15 is 0 Å². The van der Waals surface area contributed by atoms with Gasteiger partial charge in [-0.05, 0) is 56.5 Å². The van der Waals surface area contributed by atoms with Crippen LogP contribution >= 0.6 is 31.9 Å². The van der Waals surface area contributed by atoms with Gasteiger partial charge in [-0.2, -0.15) is 0 Å². The second-order valence-corrected chi connectivity index (χ2v) is 5.42. The number of amides is 1. The van der Waals surface area contributed by atoms with E-state index in [1.807, 2.05) is 6.92 Å². The van der Waals surface area contributed by atoms with Gasteiger partial charge < -0.3 is 11.1 Å². The molecule has 7 heteroatoms. The first kappa shape index (κ1) is 14.0. The van der Waals surface area contributed by atoms with Crippen LogP contribution in [-0.2, 0) is 0 Å². The first-order chi connectivity index (χ1) is 8.97. The van der Waals surface area contributed by atoms with Crippen LogP contribution in [0.1, 0.15) is 15.9 Å². The molecule has 0 bridgehead atoms. The summed E-state index contributed by atoms with van der Waals surface area (Å²) in [6.45, 7) is 1.88. The second kappa shape index (κ2) is 5.66. The van der Waals surface area contributed by atoms with E-state index in [4.69, 9.17) is 5.73 Å². The maximum atomic E-state index is 12.0. The van der Waals surface area contributed by atoms with Gasteiger partial charge in [0.15, 0.2) is 5.82 Å². The van der Waals surface area contributed by atoms with Crippen molar-refractivity contribution in [3.05, 3.63) is 44.7 Å². The monoisotopic (exact) mass is 384 g/mol. The molecule has 0 radical (unpaired) electrons. The normalized spacial score (nSPS) is 10.3. The molecular weight excluding hydrogens is 376 g/mol. The minimum Gasteiger partial charge on any atom is -0.398 e. The number of anilines is 2. The standard InChI is InChI=1S/C12H10Br2N4O/c1-6-2-3-7(4-8(6)15)12(19)18-11-10(14)17-9(13)5-16-11/h2-5H,15H2,1H3,(H,16,18,19). The summed E-state index contributed by atoms with van der Waals surface area (Å²) in [7, 11) is 0. The Kier molecular flexibility index (Phi) is 4.16. The lowest BCUT2D eigenvalue weighted by Crippen LogP contribution is -2.14. The van der Waals surface area contributed by atoms with E-state index < -0.39 is 0 Å². The van der Waals surface area contributed by atoms with Crippen molar-refractivity contribution < 1.29 is 4.79 Å². The fourth-order valence-electron chi connectivity index (χ4n) is 1.39. The van der Waals surface area contributed by atoms with Crippen LogP contribution < -0.4 is 11.1 Å². The Labute approximate surface area is 126 Å². The van der Waals surface area contributed by atoms with E-state index in [2.05, 4.69) is 47.1 Å². The number of hydrogen-bond acceptors (Lipinski definition) is 4. The number of hydrogen-bond donors (Lipinski definition) is 2. The molecule has 0 saturated carbocycles. The lowest BCUT2D eigenvalue weighted by Gasteiger charge is -2.07. The second-order valence-electron chi connectivity index (χ2n) is 3.86. The number of nitrogens with two attached hydrogens (primary N) is 1. The molecule has 98 valence electrons. The van der Waals surface area contributed by atoms with Crippen LogP contribution in [0.25, 0.3) is 0 Å². The lowest BCUT2D eigenvalue weighted by molar-refractivity contribution is 0.102. The predicted molar refractivity (Wildman–Crippen MR) is 81.0 cm³/mol. The third kappa shape index (κ3) is 3.30. The maximum Gasteiger partial charge on any atom is 0.256 e. The SMILES string of the molecule is Cc1ccc(C(=O)Nc2ncc(Br)nc2Br)cc1N. The highest BCUT2D eigenvalue weighted by atomic mass is 79.9. The molecule has 1 aromatic heterocycles. The Hall–Kier alpha value is -1.47. The number of aromatic nitrogens is 2. The molecule has 1 heterocycles. The molecule has 5 nitrogen and oxygen atoms in total. The van der Waals surface area contributed by atoms with E-state index in [1.54, 1.807) is 18.2 Å². The molecule has 0 aliphatic rings. The number of halogens is 2. The molecule has 2 rings (SSSR count). The maximum absolute atomic E-state index is 12.0. The summed E-state index contributed by atoms with van der Waals surface area (Å²) in [4.78, 5) is 20.2. The summed E-state index contributed by atoms with van der Waals surface area (Å²) < 4.78 is 1.03. The summed E-state index contributed by atoms with van der Waals surface area (Å²) >= 11 is 6.42. The lowest BCUT2D eigenvalue weighted by atomic mass is 10.1. The van der Waals surface area contributed by atoms with Crippen LogP contribution in [0, 0.1) is 6.92 Å². The summed E-state index contributed by atoms with van der Waals surface area (Å²) in [5.41, 5.74) is 7.76. The number of rotatable bonds is 2. The van der Waals surface area contributed by atoms with Crippen LogP contribution in [0.15, 0.2) is 33.6 Å². The number of nitrogens with zero attached hydrogens (tertiary/aromatic N) is 2. The number of carbonyl (C=O) groups is 1. The van der Waals surface area contributed by atoms with Crippen LogP contribution in [0.5, 0.6) is 0 Å². The Morgan fingerprint density at radius 3 is 2.74 bits per heavy atom. The van der Waals surface area contributed by atoms with Crippen LogP contribution in [0.4, 0.5) is 11.5 Å². The molecular formula is C12H10Br2N4O. The molecule has 0 aliphatic heterocycles. The van der Waals surface area contributed by atoms with Crippen molar-refractivity contribution in [2.75, 3.05) is 11.1 Å². The molecule has 0 fully saturated rings. The van der Waals surface area contributed by atoms with Crippen molar-refractivity contribution in [1.82, 2.24) is 9.97 Å². The molecule has 0 aliphatic carbocycles. The van der Waals surface area contributed by atoms with E-state index in [-0.39, 0.29) is 5.91 Å². The fourth-order valence-corrected chi connectivity index (χ4v) is 2.30. The van der Waals surface area contributed by atoms with Gasteiger partial charge in [0.2, 0.25) is 0 Å². The van der Waals surface area contributed by atoms with Gasteiger partial charge in [-0.15, -0.1) is 0 Å². The first-order valence-corrected chi connectivity index (χ1v) is 6.91. The number of nitrogens with one attached hydrogen (secondary N) is 1. The van der Waals surface area contributed by atoms with Crippen molar-refractivity contribution in [2.24, 2.45) is 0 Å². The molecule has 0 atom stereocenters. The molecule has 1 amide bonds. The quantitative estimate of drug-likeness (QED) is 0.778. The summed E-state index contributed by atoms with van der Waals surface area (Å²) in [5.74, 6) is 0.0661. The van der Waals surface area contributed by atoms with Gasteiger partial charge in [0.25, 0.3) is 5.91 Å². The zero-order valence-corrected chi connectivity index (χ0v) is 13.1. The van der Waals surface area contributed by atoms with Crippen LogP contribution in [0.2, 0.25) is 0 Å². The van der Waals surface area contributed by atoms with Crippen molar-refractivity contribution in [3.63, 3.8) is 0 Å². The Morgan fingerprint density at radius 2 is 2.11 bits per heavy atom. The number of aryl methyl sites for hydroxylation is 1. The van der Waals surface area contributed by atoms with E-state index in [9.17, 15) is 4.79 Å². The van der Waals surface area contributed by atoms with Gasteiger partial charge in [-0.25, -0.2) is 9.97 Å². The minimum absolute atomic E-state index is 0.288. The van der Waals surface area contributed by atoms with Gasteiger partial charge in [0, 0.05) is 11.3 Å². The third-order valence-corrected chi connectivity index (χ3v) is 3.41. The Bertz CT molecular complexity index is 646.